The molecule has 1 fully saturated rings. The highest BCUT2D eigenvalue weighted by molar-refractivity contribution is 5.83. The number of piperidine rings is 1. The minimum Gasteiger partial charge on any atom is -0.507 e. The van der Waals surface area contributed by atoms with E-state index in [-0.39, 0.29) is 34.6 Å². The number of fused-ring (bicyclic) bond motifs is 1. The standard InChI is InChI=1S/C24H24F3NO4/c1-14-5-7-16(8-6-14)31-22-20(30)17-9-10-19(29)18(13-28-11-3-4-15(2)12-28)21(17)32-23(22)24(25,26)27/h5-10,15,29H,3-4,11-13H2,1-2H3/t15-/m1/s1. The van der Waals surface area contributed by atoms with E-state index in [2.05, 4.69) is 6.92 Å². The van der Waals surface area contributed by atoms with Gasteiger partial charge in [-0.3, -0.25) is 9.69 Å². The van der Waals surface area contributed by atoms with Gasteiger partial charge in [-0.05, 0) is 56.5 Å². The van der Waals surface area contributed by atoms with E-state index in [1.807, 2.05) is 11.8 Å². The molecule has 0 unspecified atom stereocenters. The summed E-state index contributed by atoms with van der Waals surface area (Å²) in [5.41, 5.74) is -0.142. The van der Waals surface area contributed by atoms with Gasteiger partial charge in [0.1, 0.15) is 17.1 Å². The highest BCUT2D eigenvalue weighted by Crippen LogP contribution is 2.40. The molecule has 1 atom stereocenters. The maximum atomic E-state index is 13.9. The van der Waals surface area contributed by atoms with E-state index in [9.17, 15) is 23.1 Å². The van der Waals surface area contributed by atoms with E-state index >= 15 is 0 Å². The van der Waals surface area contributed by atoms with Gasteiger partial charge in [-0.2, -0.15) is 13.2 Å². The molecule has 4 rings (SSSR count). The number of alkyl halides is 3. The van der Waals surface area contributed by atoms with Gasteiger partial charge in [0.2, 0.25) is 11.2 Å². The number of hydrogen-bond acceptors (Lipinski definition) is 5. The number of halogens is 3. The van der Waals surface area contributed by atoms with Crippen LogP contribution in [-0.2, 0) is 12.7 Å². The molecule has 0 spiro atoms. The Labute approximate surface area is 183 Å². The van der Waals surface area contributed by atoms with Crippen molar-refractivity contribution in [1.29, 1.82) is 0 Å². The van der Waals surface area contributed by atoms with Gasteiger partial charge in [0, 0.05) is 13.1 Å². The minimum atomic E-state index is -4.96. The maximum absolute atomic E-state index is 13.9. The normalized spacial score (nSPS) is 17.6. The van der Waals surface area contributed by atoms with Gasteiger partial charge in [-0.25, -0.2) is 0 Å². The summed E-state index contributed by atoms with van der Waals surface area (Å²) in [5, 5.41) is 10.3. The first kappa shape index (κ1) is 22.2. The van der Waals surface area contributed by atoms with E-state index in [1.165, 1.54) is 24.3 Å². The zero-order valence-corrected chi connectivity index (χ0v) is 17.8. The van der Waals surface area contributed by atoms with Gasteiger partial charge in [0.15, 0.2) is 0 Å². The van der Waals surface area contributed by atoms with Crippen molar-refractivity contribution in [3.63, 3.8) is 0 Å². The zero-order valence-electron chi connectivity index (χ0n) is 17.8. The van der Waals surface area contributed by atoms with Crippen LogP contribution in [0.15, 0.2) is 45.6 Å². The molecule has 1 aliphatic rings. The largest absolute Gasteiger partial charge is 0.507 e. The average Bonchev–Trinajstić information content (AvgIpc) is 2.72. The molecule has 0 saturated carbocycles. The number of aromatic hydroxyl groups is 1. The molecule has 0 amide bonds. The number of hydrogen-bond donors (Lipinski definition) is 1. The summed E-state index contributed by atoms with van der Waals surface area (Å²) in [5.74, 6) is -2.12. The Morgan fingerprint density at radius 3 is 2.56 bits per heavy atom. The Kier molecular flexibility index (Phi) is 5.90. The van der Waals surface area contributed by atoms with Crippen LogP contribution < -0.4 is 10.2 Å². The Morgan fingerprint density at radius 2 is 1.91 bits per heavy atom. The summed E-state index contributed by atoms with van der Waals surface area (Å²) < 4.78 is 52.3. The van der Waals surface area contributed by atoms with E-state index in [1.54, 1.807) is 12.1 Å². The van der Waals surface area contributed by atoms with Gasteiger partial charge < -0.3 is 14.3 Å². The fraction of sp³-hybridized carbons (Fsp3) is 0.375. The molecule has 3 aromatic rings. The lowest BCUT2D eigenvalue weighted by Crippen LogP contribution is -2.33. The first-order chi connectivity index (χ1) is 15.1. The first-order valence-electron chi connectivity index (χ1n) is 10.5. The third-order valence-electron chi connectivity index (χ3n) is 5.72. The summed E-state index contributed by atoms with van der Waals surface area (Å²) in [6, 6.07) is 8.88. The van der Waals surface area contributed by atoms with Crippen LogP contribution in [-0.4, -0.2) is 23.1 Å². The van der Waals surface area contributed by atoms with Gasteiger partial charge in [-0.15, -0.1) is 0 Å². The minimum absolute atomic E-state index is 0.0713. The molecule has 1 N–H and O–H groups in total. The van der Waals surface area contributed by atoms with Crippen LogP contribution in [0.3, 0.4) is 0 Å². The highest BCUT2D eigenvalue weighted by atomic mass is 19.4. The van der Waals surface area contributed by atoms with Crippen LogP contribution in [0.2, 0.25) is 0 Å². The van der Waals surface area contributed by atoms with Crippen LogP contribution in [0.1, 0.15) is 36.7 Å². The summed E-state index contributed by atoms with van der Waals surface area (Å²) >= 11 is 0. The van der Waals surface area contributed by atoms with Gasteiger partial charge in [0.05, 0.1) is 10.9 Å². The number of rotatable bonds is 4. The Balaban J connectivity index is 1.85. The molecule has 0 aliphatic carbocycles. The van der Waals surface area contributed by atoms with Crippen LogP contribution in [0, 0.1) is 12.8 Å². The second-order valence-electron chi connectivity index (χ2n) is 8.42. The molecule has 170 valence electrons. The fourth-order valence-corrected chi connectivity index (χ4v) is 4.10. The molecule has 2 heterocycles. The van der Waals surface area contributed by atoms with Crippen molar-refractivity contribution in [2.75, 3.05) is 13.1 Å². The number of phenols is 1. The van der Waals surface area contributed by atoms with Crippen molar-refractivity contribution in [2.45, 2.75) is 39.4 Å². The van der Waals surface area contributed by atoms with Gasteiger partial charge in [-0.1, -0.05) is 24.6 Å². The molecule has 2 aromatic carbocycles. The number of likely N-dealkylation sites (tertiary alicyclic amines) is 1. The predicted molar refractivity (Wildman–Crippen MR) is 114 cm³/mol. The lowest BCUT2D eigenvalue weighted by atomic mass is 9.99. The van der Waals surface area contributed by atoms with E-state index < -0.39 is 23.1 Å². The molecule has 32 heavy (non-hydrogen) atoms. The van der Waals surface area contributed by atoms with Crippen molar-refractivity contribution in [3.05, 3.63) is 63.5 Å². The summed E-state index contributed by atoms with van der Waals surface area (Å²) in [7, 11) is 0. The predicted octanol–water partition coefficient (Wildman–Crippen LogP) is 5.85. The maximum Gasteiger partial charge on any atom is 0.453 e. The van der Waals surface area contributed by atoms with Crippen molar-refractivity contribution in [1.82, 2.24) is 4.90 Å². The lowest BCUT2D eigenvalue weighted by molar-refractivity contribution is -0.154. The average molecular weight is 447 g/mol. The molecule has 1 aliphatic heterocycles. The smallest absolute Gasteiger partial charge is 0.453 e. The summed E-state index contributed by atoms with van der Waals surface area (Å²) in [6.45, 7) is 5.62. The quantitative estimate of drug-likeness (QED) is 0.544. The van der Waals surface area contributed by atoms with E-state index in [0.717, 1.165) is 31.5 Å². The summed E-state index contributed by atoms with van der Waals surface area (Å²) in [6.07, 6.45) is -2.93. The Hall–Kier alpha value is -3.00. The Bertz CT molecular complexity index is 1190. The lowest BCUT2D eigenvalue weighted by Gasteiger charge is -2.31. The SMILES string of the molecule is Cc1ccc(Oc2c(C(F)(F)F)oc3c(CN4CCC[C@@H](C)C4)c(O)ccc3c2=O)cc1. The number of phenolic OH excluding ortho intramolecular Hbond substituents is 1. The zero-order chi connectivity index (χ0) is 23.0. The molecule has 8 heteroatoms. The molecule has 5 nitrogen and oxygen atoms in total. The van der Waals surface area contributed by atoms with Crippen LogP contribution in [0.25, 0.3) is 11.0 Å². The fourth-order valence-electron chi connectivity index (χ4n) is 4.10. The molecule has 1 saturated heterocycles. The second-order valence-corrected chi connectivity index (χ2v) is 8.42. The topological polar surface area (TPSA) is 62.9 Å². The number of ether oxygens (including phenoxy) is 1. The molecular formula is C24H24F3NO4. The first-order valence-corrected chi connectivity index (χ1v) is 10.5. The van der Waals surface area contributed by atoms with E-state index in [0.29, 0.717) is 5.92 Å². The van der Waals surface area contributed by atoms with Crippen molar-refractivity contribution in [3.8, 4) is 17.2 Å². The van der Waals surface area contributed by atoms with Gasteiger partial charge >= 0.3 is 6.18 Å². The number of aryl methyl sites for hydroxylation is 1. The molecule has 1 aromatic heterocycles. The van der Waals surface area contributed by atoms with Crippen LogP contribution in [0.4, 0.5) is 13.2 Å². The van der Waals surface area contributed by atoms with Crippen LogP contribution in [0.5, 0.6) is 17.2 Å². The molecular weight excluding hydrogens is 423 g/mol. The van der Waals surface area contributed by atoms with E-state index in [4.69, 9.17) is 9.15 Å². The Morgan fingerprint density at radius 1 is 1.19 bits per heavy atom. The third kappa shape index (κ3) is 4.46. The molecule has 0 bridgehead atoms. The highest BCUT2D eigenvalue weighted by Gasteiger charge is 2.41. The van der Waals surface area contributed by atoms with Crippen molar-refractivity contribution < 1.29 is 27.4 Å². The van der Waals surface area contributed by atoms with Crippen molar-refractivity contribution >= 4 is 11.0 Å². The number of benzene rings is 2. The van der Waals surface area contributed by atoms with Gasteiger partial charge in [0.25, 0.3) is 5.76 Å². The second kappa shape index (κ2) is 8.50. The monoisotopic (exact) mass is 447 g/mol. The summed E-state index contributed by atoms with van der Waals surface area (Å²) in [4.78, 5) is 15.1. The number of nitrogens with zero attached hydrogens (tertiary/aromatic N) is 1. The molecule has 0 radical (unpaired) electrons. The van der Waals surface area contributed by atoms with Crippen molar-refractivity contribution in [2.24, 2.45) is 5.92 Å². The third-order valence-corrected chi connectivity index (χ3v) is 5.72. The van der Waals surface area contributed by atoms with Crippen LogP contribution >= 0.6 is 0 Å².